The number of benzene rings is 3. The van der Waals surface area contributed by atoms with E-state index in [1.807, 2.05) is 0 Å². The summed E-state index contributed by atoms with van der Waals surface area (Å²) >= 11 is 5.87. The highest BCUT2D eigenvalue weighted by atomic mass is 35.5. The molecule has 2 amide bonds. The second-order valence-corrected chi connectivity index (χ2v) is 8.55. The standard InChI is InChI=1S/C27H22ClN3O5/c1-15(26(34)31-19-7-12-24-22(13-19)25(33)23(14-29-24)16(2)32)30-27(35)17-3-8-20(9-4-17)36-21-10-5-18(28)6-11-21/h3-15H,1-2H3,(H,29,33)(H,30,35)(H,31,34)/t15-/m0/s1. The Morgan fingerprint density at radius 2 is 1.58 bits per heavy atom. The normalized spacial score (nSPS) is 11.5. The number of carbonyl (C=O) groups excluding carboxylic acids is 3. The number of rotatable bonds is 7. The van der Waals surface area contributed by atoms with E-state index in [2.05, 4.69) is 15.6 Å². The number of fused-ring (bicyclic) bond motifs is 1. The number of carbonyl (C=O) groups is 3. The summed E-state index contributed by atoms with van der Waals surface area (Å²) in [5, 5.41) is 6.21. The lowest BCUT2D eigenvalue weighted by Crippen LogP contribution is -2.41. The van der Waals surface area contributed by atoms with Crippen LogP contribution >= 0.6 is 11.6 Å². The Hall–Kier alpha value is -4.43. The van der Waals surface area contributed by atoms with Crippen LogP contribution in [0.2, 0.25) is 5.02 Å². The molecule has 0 saturated heterocycles. The van der Waals surface area contributed by atoms with E-state index in [0.717, 1.165) is 0 Å². The van der Waals surface area contributed by atoms with E-state index in [0.29, 0.717) is 33.3 Å². The highest BCUT2D eigenvalue weighted by molar-refractivity contribution is 6.30. The third-order valence-electron chi connectivity index (χ3n) is 5.43. The van der Waals surface area contributed by atoms with E-state index in [1.165, 1.54) is 19.2 Å². The van der Waals surface area contributed by atoms with Crippen molar-refractivity contribution in [1.82, 2.24) is 10.3 Å². The first kappa shape index (κ1) is 24.7. The molecule has 0 saturated carbocycles. The van der Waals surface area contributed by atoms with E-state index >= 15 is 0 Å². The number of amides is 2. The van der Waals surface area contributed by atoms with Gasteiger partial charge in [-0.05, 0) is 80.6 Å². The quantitative estimate of drug-likeness (QED) is 0.309. The van der Waals surface area contributed by atoms with Gasteiger partial charge in [0, 0.05) is 33.4 Å². The van der Waals surface area contributed by atoms with Gasteiger partial charge < -0.3 is 20.4 Å². The van der Waals surface area contributed by atoms with Crippen molar-refractivity contribution in [2.45, 2.75) is 19.9 Å². The number of aromatic amines is 1. The van der Waals surface area contributed by atoms with Gasteiger partial charge in [-0.2, -0.15) is 0 Å². The monoisotopic (exact) mass is 503 g/mol. The van der Waals surface area contributed by atoms with Crippen LogP contribution in [0.1, 0.15) is 34.6 Å². The molecular weight excluding hydrogens is 482 g/mol. The molecule has 4 rings (SSSR count). The summed E-state index contributed by atoms with van der Waals surface area (Å²) in [5.74, 6) is -0.108. The Bertz CT molecular complexity index is 1510. The molecule has 8 nitrogen and oxygen atoms in total. The lowest BCUT2D eigenvalue weighted by molar-refractivity contribution is -0.117. The summed E-state index contributed by atoms with van der Waals surface area (Å²) in [6.45, 7) is 2.86. The molecule has 1 aromatic heterocycles. The zero-order valence-electron chi connectivity index (χ0n) is 19.4. The highest BCUT2D eigenvalue weighted by Gasteiger charge is 2.18. The minimum absolute atomic E-state index is 0.0381. The number of halogens is 1. The molecule has 1 atom stereocenters. The molecule has 0 aliphatic heterocycles. The molecule has 0 radical (unpaired) electrons. The Morgan fingerprint density at radius 1 is 0.944 bits per heavy atom. The lowest BCUT2D eigenvalue weighted by Gasteiger charge is -2.15. The summed E-state index contributed by atoms with van der Waals surface area (Å²) in [6, 6.07) is 17.3. The largest absolute Gasteiger partial charge is 0.457 e. The average Bonchev–Trinajstić information content (AvgIpc) is 2.86. The molecular formula is C27H22ClN3O5. The van der Waals surface area contributed by atoms with Gasteiger partial charge in [0.25, 0.3) is 5.91 Å². The number of nitrogens with one attached hydrogen (secondary N) is 3. The van der Waals surface area contributed by atoms with E-state index in [1.54, 1.807) is 67.6 Å². The van der Waals surface area contributed by atoms with E-state index in [4.69, 9.17) is 16.3 Å². The van der Waals surface area contributed by atoms with Gasteiger partial charge in [0.05, 0.1) is 5.56 Å². The van der Waals surface area contributed by atoms with Crippen molar-refractivity contribution >= 4 is 45.8 Å². The molecule has 9 heteroatoms. The fourth-order valence-electron chi connectivity index (χ4n) is 3.47. The second-order valence-electron chi connectivity index (χ2n) is 8.11. The summed E-state index contributed by atoms with van der Waals surface area (Å²) in [4.78, 5) is 52.4. The molecule has 0 unspecified atom stereocenters. The molecule has 36 heavy (non-hydrogen) atoms. The summed E-state index contributed by atoms with van der Waals surface area (Å²) in [5.41, 5.74) is 0.872. The minimum Gasteiger partial charge on any atom is -0.457 e. The zero-order chi connectivity index (χ0) is 25.8. The van der Waals surface area contributed by atoms with Crippen LogP contribution in [0.25, 0.3) is 10.9 Å². The first-order valence-electron chi connectivity index (χ1n) is 11.0. The molecule has 182 valence electrons. The van der Waals surface area contributed by atoms with Gasteiger partial charge in [-0.15, -0.1) is 0 Å². The van der Waals surface area contributed by atoms with Gasteiger partial charge in [-0.3, -0.25) is 19.2 Å². The first-order valence-corrected chi connectivity index (χ1v) is 11.4. The maximum absolute atomic E-state index is 12.7. The predicted octanol–water partition coefficient (Wildman–Crippen LogP) is 4.93. The molecule has 1 heterocycles. The molecule has 0 spiro atoms. The Kier molecular flexibility index (Phi) is 7.17. The van der Waals surface area contributed by atoms with Crippen molar-refractivity contribution in [3.63, 3.8) is 0 Å². The Labute approximate surface area is 211 Å². The predicted molar refractivity (Wildman–Crippen MR) is 138 cm³/mol. The van der Waals surface area contributed by atoms with Crippen LogP contribution in [0, 0.1) is 0 Å². The molecule has 0 aliphatic carbocycles. The molecule has 0 fully saturated rings. The van der Waals surface area contributed by atoms with Crippen LogP contribution in [-0.2, 0) is 4.79 Å². The van der Waals surface area contributed by atoms with Gasteiger partial charge in [-0.1, -0.05) is 11.6 Å². The second kappa shape index (κ2) is 10.5. The summed E-state index contributed by atoms with van der Waals surface area (Å²) < 4.78 is 5.72. The maximum Gasteiger partial charge on any atom is 0.251 e. The Morgan fingerprint density at radius 3 is 2.22 bits per heavy atom. The highest BCUT2D eigenvalue weighted by Crippen LogP contribution is 2.23. The average molecular weight is 504 g/mol. The van der Waals surface area contributed by atoms with Crippen LogP contribution in [0.3, 0.4) is 0 Å². The smallest absolute Gasteiger partial charge is 0.251 e. The third kappa shape index (κ3) is 5.61. The van der Waals surface area contributed by atoms with Gasteiger partial charge in [0.1, 0.15) is 17.5 Å². The molecule has 0 aliphatic rings. The molecule has 3 N–H and O–H groups in total. The number of ketones is 1. The SMILES string of the molecule is CC(=O)c1c[nH]c2ccc(NC(=O)[C@H](C)NC(=O)c3ccc(Oc4ccc(Cl)cc4)cc3)cc2c1=O. The maximum atomic E-state index is 12.7. The molecule has 4 aromatic rings. The van der Waals surface area contributed by atoms with Crippen molar-refractivity contribution in [3.8, 4) is 11.5 Å². The summed E-state index contributed by atoms with van der Waals surface area (Å²) in [7, 11) is 0. The van der Waals surface area contributed by atoms with Gasteiger partial charge in [-0.25, -0.2) is 0 Å². The fraction of sp³-hybridized carbons (Fsp3) is 0.111. The number of Topliss-reactive ketones (excluding diaryl/α,β-unsaturated/α-hetero) is 1. The van der Waals surface area contributed by atoms with Crippen molar-refractivity contribution in [1.29, 1.82) is 0 Å². The third-order valence-corrected chi connectivity index (χ3v) is 5.69. The van der Waals surface area contributed by atoms with E-state index < -0.39 is 23.3 Å². The van der Waals surface area contributed by atoms with E-state index in [9.17, 15) is 19.2 Å². The van der Waals surface area contributed by atoms with Crippen molar-refractivity contribution in [3.05, 3.63) is 99.3 Å². The number of aromatic nitrogens is 1. The number of ether oxygens (including phenoxy) is 1. The lowest BCUT2D eigenvalue weighted by atomic mass is 10.1. The minimum atomic E-state index is -0.861. The van der Waals surface area contributed by atoms with Crippen LogP contribution in [0.15, 0.2) is 77.7 Å². The number of H-pyrrole nitrogens is 1. The van der Waals surface area contributed by atoms with Gasteiger partial charge in [0.2, 0.25) is 5.91 Å². The number of hydrogen-bond acceptors (Lipinski definition) is 5. The molecule has 3 aromatic carbocycles. The summed E-state index contributed by atoms with van der Waals surface area (Å²) in [6.07, 6.45) is 1.37. The number of hydrogen-bond donors (Lipinski definition) is 3. The van der Waals surface area contributed by atoms with Crippen molar-refractivity contribution in [2.24, 2.45) is 0 Å². The van der Waals surface area contributed by atoms with Gasteiger partial charge in [0.15, 0.2) is 11.2 Å². The topological polar surface area (TPSA) is 117 Å². The van der Waals surface area contributed by atoms with Crippen LogP contribution in [0.4, 0.5) is 5.69 Å². The fourth-order valence-corrected chi connectivity index (χ4v) is 3.59. The van der Waals surface area contributed by atoms with Crippen molar-refractivity contribution < 1.29 is 19.1 Å². The first-order chi connectivity index (χ1) is 17.2. The zero-order valence-corrected chi connectivity index (χ0v) is 20.2. The van der Waals surface area contributed by atoms with Crippen LogP contribution < -0.4 is 20.8 Å². The van der Waals surface area contributed by atoms with Crippen LogP contribution in [0.5, 0.6) is 11.5 Å². The molecule has 0 bridgehead atoms. The number of anilines is 1. The number of pyridine rings is 1. The van der Waals surface area contributed by atoms with Crippen molar-refractivity contribution in [2.75, 3.05) is 5.32 Å². The Balaban J connectivity index is 1.39. The van der Waals surface area contributed by atoms with Gasteiger partial charge >= 0.3 is 0 Å². The van der Waals surface area contributed by atoms with Crippen LogP contribution in [-0.4, -0.2) is 28.6 Å². The van der Waals surface area contributed by atoms with E-state index in [-0.39, 0.29) is 16.7 Å².